The van der Waals surface area contributed by atoms with Crippen LogP contribution in [-0.2, 0) is 0 Å². The fourth-order valence-corrected chi connectivity index (χ4v) is 1.98. The fourth-order valence-electron chi connectivity index (χ4n) is 1.85. The summed E-state index contributed by atoms with van der Waals surface area (Å²) in [6.07, 6.45) is 0.785. The van der Waals surface area contributed by atoms with Crippen LogP contribution in [0.1, 0.15) is 18.0 Å². The number of nitrogens with one attached hydrogen (secondary N) is 1. The van der Waals surface area contributed by atoms with Crippen molar-refractivity contribution >= 4 is 11.6 Å². The second-order valence-corrected chi connectivity index (χ2v) is 4.66. The van der Waals surface area contributed by atoms with E-state index in [9.17, 15) is 0 Å². The van der Waals surface area contributed by atoms with Crippen LogP contribution in [0, 0.1) is 0 Å². The van der Waals surface area contributed by atoms with Gasteiger partial charge in [0.05, 0.1) is 6.61 Å². The van der Waals surface area contributed by atoms with Gasteiger partial charge in [-0.15, -0.1) is 0 Å². The Hall–Kier alpha value is -1.55. The highest BCUT2D eigenvalue weighted by molar-refractivity contribution is 6.30. The minimum absolute atomic E-state index is 0.0565. The molecule has 100 valence electrons. The topological polar surface area (TPSA) is 47.3 Å². The molecule has 2 rings (SSSR count). The maximum atomic E-state index is 5.87. The molecule has 0 fully saturated rings. The van der Waals surface area contributed by atoms with E-state index in [1.54, 1.807) is 0 Å². The summed E-state index contributed by atoms with van der Waals surface area (Å²) in [7, 11) is 0. The molecule has 0 amide bonds. The standard InChI is InChI=1S/C15H17ClN2O/c16-13-8-6-12(7-9-13)15(18-17)10-11-19-14-4-2-1-3-5-14/h1-9,15,18H,10-11,17H2. The Bertz CT molecular complexity index is 487. The van der Waals surface area contributed by atoms with E-state index in [2.05, 4.69) is 5.43 Å². The molecule has 1 unspecified atom stereocenters. The third kappa shape index (κ3) is 4.24. The SMILES string of the molecule is NNC(CCOc1ccccc1)c1ccc(Cl)cc1. The zero-order valence-corrected chi connectivity index (χ0v) is 11.3. The maximum Gasteiger partial charge on any atom is 0.119 e. The predicted octanol–water partition coefficient (Wildman–Crippen LogP) is 3.31. The lowest BCUT2D eigenvalue weighted by atomic mass is 10.1. The van der Waals surface area contributed by atoms with E-state index in [1.165, 1.54) is 0 Å². The van der Waals surface area contributed by atoms with Gasteiger partial charge in [-0.25, -0.2) is 0 Å². The lowest BCUT2D eigenvalue weighted by molar-refractivity contribution is 0.287. The van der Waals surface area contributed by atoms with Crippen LogP contribution in [0.15, 0.2) is 54.6 Å². The number of ether oxygens (including phenoxy) is 1. The Labute approximate surface area is 118 Å². The molecule has 0 saturated heterocycles. The van der Waals surface area contributed by atoms with E-state index < -0.39 is 0 Å². The minimum atomic E-state index is 0.0565. The molecule has 0 aliphatic heterocycles. The van der Waals surface area contributed by atoms with Gasteiger partial charge in [-0.3, -0.25) is 11.3 Å². The smallest absolute Gasteiger partial charge is 0.119 e. The molecule has 0 heterocycles. The number of rotatable bonds is 6. The van der Waals surface area contributed by atoms with Crippen molar-refractivity contribution in [3.8, 4) is 5.75 Å². The van der Waals surface area contributed by atoms with Gasteiger partial charge in [0, 0.05) is 17.5 Å². The Balaban J connectivity index is 1.87. The molecule has 0 aromatic heterocycles. The first-order chi connectivity index (χ1) is 9.29. The Morgan fingerprint density at radius 2 is 1.74 bits per heavy atom. The third-order valence-electron chi connectivity index (χ3n) is 2.89. The monoisotopic (exact) mass is 276 g/mol. The van der Waals surface area contributed by atoms with Crippen LogP contribution in [-0.4, -0.2) is 6.61 Å². The van der Waals surface area contributed by atoms with E-state index in [0.717, 1.165) is 22.8 Å². The van der Waals surface area contributed by atoms with Gasteiger partial charge >= 0.3 is 0 Å². The number of para-hydroxylation sites is 1. The summed E-state index contributed by atoms with van der Waals surface area (Å²) in [5, 5.41) is 0.722. The van der Waals surface area contributed by atoms with E-state index in [4.69, 9.17) is 22.2 Å². The largest absolute Gasteiger partial charge is 0.494 e. The molecule has 0 saturated carbocycles. The van der Waals surface area contributed by atoms with Gasteiger partial charge in [-0.2, -0.15) is 0 Å². The van der Waals surface area contributed by atoms with Crippen LogP contribution in [0.25, 0.3) is 0 Å². The normalized spacial score (nSPS) is 12.1. The van der Waals surface area contributed by atoms with Crippen molar-refractivity contribution in [2.45, 2.75) is 12.5 Å². The third-order valence-corrected chi connectivity index (χ3v) is 3.14. The zero-order valence-electron chi connectivity index (χ0n) is 10.6. The molecule has 4 heteroatoms. The number of nitrogens with two attached hydrogens (primary N) is 1. The lowest BCUT2D eigenvalue weighted by Crippen LogP contribution is -2.29. The highest BCUT2D eigenvalue weighted by atomic mass is 35.5. The molecule has 0 aliphatic rings. The summed E-state index contributed by atoms with van der Waals surface area (Å²) >= 11 is 5.87. The van der Waals surface area contributed by atoms with Crippen LogP contribution < -0.4 is 16.0 Å². The van der Waals surface area contributed by atoms with Gasteiger partial charge in [0.2, 0.25) is 0 Å². The van der Waals surface area contributed by atoms with Crippen molar-refractivity contribution < 1.29 is 4.74 Å². The molecule has 0 spiro atoms. The van der Waals surface area contributed by atoms with E-state index in [1.807, 2.05) is 54.6 Å². The molecule has 19 heavy (non-hydrogen) atoms. The average molecular weight is 277 g/mol. The van der Waals surface area contributed by atoms with E-state index in [0.29, 0.717) is 6.61 Å². The van der Waals surface area contributed by atoms with Crippen LogP contribution in [0.5, 0.6) is 5.75 Å². The van der Waals surface area contributed by atoms with E-state index in [-0.39, 0.29) is 6.04 Å². The van der Waals surface area contributed by atoms with E-state index >= 15 is 0 Å². The predicted molar refractivity (Wildman–Crippen MR) is 78.1 cm³/mol. The van der Waals surface area contributed by atoms with Gasteiger partial charge in [0.15, 0.2) is 0 Å². The summed E-state index contributed by atoms with van der Waals surface area (Å²) in [5.41, 5.74) is 3.90. The molecule has 3 nitrogen and oxygen atoms in total. The Kier molecular flexibility index (Phi) is 5.21. The fraction of sp³-hybridized carbons (Fsp3) is 0.200. The quantitative estimate of drug-likeness (QED) is 0.629. The molecule has 0 aliphatic carbocycles. The molecule has 0 radical (unpaired) electrons. The average Bonchev–Trinajstić information content (AvgIpc) is 2.46. The second-order valence-electron chi connectivity index (χ2n) is 4.22. The van der Waals surface area contributed by atoms with Crippen molar-refractivity contribution in [1.29, 1.82) is 0 Å². The van der Waals surface area contributed by atoms with Crippen molar-refractivity contribution in [3.05, 3.63) is 65.2 Å². The molecule has 2 aromatic carbocycles. The van der Waals surface area contributed by atoms with Crippen LogP contribution in [0.2, 0.25) is 5.02 Å². The molecule has 3 N–H and O–H groups in total. The van der Waals surface area contributed by atoms with Crippen molar-refractivity contribution in [3.63, 3.8) is 0 Å². The highest BCUT2D eigenvalue weighted by Gasteiger charge is 2.09. The molecule has 0 bridgehead atoms. The number of halogens is 1. The molecular formula is C15H17ClN2O. The molecule has 2 aromatic rings. The summed E-state index contributed by atoms with van der Waals surface area (Å²) in [6, 6.07) is 17.5. The summed E-state index contributed by atoms with van der Waals surface area (Å²) in [4.78, 5) is 0. The first kappa shape index (κ1) is 13.9. The number of hydrogen-bond acceptors (Lipinski definition) is 3. The molecule has 1 atom stereocenters. The number of benzene rings is 2. The van der Waals surface area contributed by atoms with Gasteiger partial charge in [-0.1, -0.05) is 41.9 Å². The zero-order chi connectivity index (χ0) is 13.5. The number of hydrogen-bond donors (Lipinski definition) is 2. The van der Waals surface area contributed by atoms with Gasteiger partial charge < -0.3 is 4.74 Å². The van der Waals surface area contributed by atoms with Crippen LogP contribution in [0.4, 0.5) is 0 Å². The summed E-state index contributed by atoms with van der Waals surface area (Å²) < 4.78 is 5.66. The summed E-state index contributed by atoms with van der Waals surface area (Å²) in [6.45, 7) is 0.599. The summed E-state index contributed by atoms with van der Waals surface area (Å²) in [5.74, 6) is 6.45. The minimum Gasteiger partial charge on any atom is -0.494 e. The Morgan fingerprint density at radius 3 is 2.37 bits per heavy atom. The van der Waals surface area contributed by atoms with Gasteiger partial charge in [0.1, 0.15) is 5.75 Å². The van der Waals surface area contributed by atoms with Gasteiger partial charge in [0.25, 0.3) is 0 Å². The van der Waals surface area contributed by atoms with Gasteiger partial charge in [-0.05, 0) is 29.8 Å². The Morgan fingerprint density at radius 1 is 1.05 bits per heavy atom. The number of hydrazine groups is 1. The second kappa shape index (κ2) is 7.14. The van der Waals surface area contributed by atoms with Crippen LogP contribution in [0.3, 0.4) is 0 Å². The first-order valence-corrected chi connectivity index (χ1v) is 6.57. The first-order valence-electron chi connectivity index (χ1n) is 6.19. The van der Waals surface area contributed by atoms with Crippen LogP contribution >= 0.6 is 11.6 Å². The lowest BCUT2D eigenvalue weighted by Gasteiger charge is -2.16. The van der Waals surface area contributed by atoms with Crippen molar-refractivity contribution in [1.82, 2.24) is 5.43 Å². The van der Waals surface area contributed by atoms with Crippen molar-refractivity contribution in [2.24, 2.45) is 5.84 Å². The molecular weight excluding hydrogens is 260 g/mol. The highest BCUT2D eigenvalue weighted by Crippen LogP contribution is 2.19. The maximum absolute atomic E-state index is 5.87. The van der Waals surface area contributed by atoms with Crippen molar-refractivity contribution in [2.75, 3.05) is 6.61 Å².